The minimum absolute atomic E-state index is 0.0794. The molecule has 1 aliphatic heterocycles. The Labute approximate surface area is 197 Å². The Bertz CT molecular complexity index is 1080. The number of rotatable bonds is 8. The highest BCUT2D eigenvalue weighted by Crippen LogP contribution is 2.25. The molecule has 1 aliphatic rings. The Morgan fingerprint density at radius 1 is 1.00 bits per heavy atom. The van der Waals surface area contributed by atoms with Gasteiger partial charge in [0.05, 0.1) is 5.52 Å². The molecule has 0 unspecified atom stereocenters. The van der Waals surface area contributed by atoms with Gasteiger partial charge in [-0.25, -0.2) is 0 Å². The van der Waals surface area contributed by atoms with Crippen LogP contribution in [0.5, 0.6) is 0 Å². The predicted octanol–water partition coefficient (Wildman–Crippen LogP) is 5.28. The van der Waals surface area contributed by atoms with Gasteiger partial charge in [-0.2, -0.15) is 0 Å². The summed E-state index contributed by atoms with van der Waals surface area (Å²) in [6.07, 6.45) is 6.72. The van der Waals surface area contributed by atoms with Crippen LogP contribution in [-0.4, -0.2) is 53.9 Å². The van der Waals surface area contributed by atoms with Gasteiger partial charge in [0.2, 0.25) is 0 Å². The number of benzene rings is 2. The van der Waals surface area contributed by atoms with Gasteiger partial charge in [-0.3, -0.25) is 14.7 Å². The van der Waals surface area contributed by atoms with Crippen LogP contribution in [0.1, 0.15) is 53.2 Å². The first-order valence-corrected chi connectivity index (χ1v) is 12.2. The molecule has 1 N–H and O–H groups in total. The minimum Gasteiger partial charge on any atom is -0.322 e. The van der Waals surface area contributed by atoms with Gasteiger partial charge < -0.3 is 10.2 Å². The zero-order valence-corrected chi connectivity index (χ0v) is 20.2. The molecule has 0 aliphatic carbocycles. The molecule has 3 aromatic rings. The molecule has 33 heavy (non-hydrogen) atoms. The third-order valence-electron chi connectivity index (χ3n) is 6.70. The summed E-state index contributed by atoms with van der Waals surface area (Å²) in [5.74, 6) is -0.0794. The van der Waals surface area contributed by atoms with Crippen molar-refractivity contribution in [2.75, 3.05) is 38.5 Å². The lowest BCUT2D eigenvalue weighted by molar-refractivity contribution is 0.102. The molecule has 0 saturated carbocycles. The van der Waals surface area contributed by atoms with Crippen molar-refractivity contribution in [1.29, 1.82) is 0 Å². The largest absolute Gasteiger partial charge is 0.322 e. The average Bonchev–Trinajstić information content (AvgIpc) is 2.83. The van der Waals surface area contributed by atoms with Gasteiger partial charge in [-0.1, -0.05) is 38.0 Å². The smallest absolute Gasteiger partial charge is 0.255 e. The van der Waals surface area contributed by atoms with E-state index in [0.29, 0.717) is 5.56 Å². The predicted molar refractivity (Wildman–Crippen MR) is 137 cm³/mol. The van der Waals surface area contributed by atoms with Crippen LogP contribution in [0, 0.1) is 6.92 Å². The van der Waals surface area contributed by atoms with Crippen LogP contribution < -0.4 is 5.32 Å². The highest BCUT2D eigenvalue weighted by Gasteiger charge is 2.15. The molecule has 0 bridgehead atoms. The third kappa shape index (κ3) is 5.98. The number of aryl methyl sites for hydroxylation is 2. The Hall–Kier alpha value is -2.76. The normalized spacial score (nSPS) is 15.1. The Balaban J connectivity index is 1.42. The van der Waals surface area contributed by atoms with Crippen molar-refractivity contribution in [3.63, 3.8) is 0 Å². The lowest BCUT2D eigenvalue weighted by Gasteiger charge is -2.32. The monoisotopic (exact) mass is 444 g/mol. The van der Waals surface area contributed by atoms with Gasteiger partial charge in [0.1, 0.15) is 0 Å². The standard InChI is InChI=1S/C28H36N4O/c1-4-5-6-7-22-8-10-24(11-9-22)28(33)30-26-13-12-25-18-23(19-29-27(25)21(26)2)20-32-16-14-31(3)15-17-32/h8-13,18-19H,4-7,14-17,20H2,1-3H3,(H,30,33). The maximum absolute atomic E-state index is 12.8. The molecule has 2 aromatic carbocycles. The van der Waals surface area contributed by atoms with E-state index < -0.39 is 0 Å². The third-order valence-corrected chi connectivity index (χ3v) is 6.70. The number of nitrogens with zero attached hydrogens (tertiary/aromatic N) is 3. The maximum atomic E-state index is 12.8. The second-order valence-electron chi connectivity index (χ2n) is 9.34. The highest BCUT2D eigenvalue weighted by atomic mass is 16.1. The van der Waals surface area contributed by atoms with Crippen LogP contribution in [0.2, 0.25) is 0 Å². The number of pyridine rings is 1. The topological polar surface area (TPSA) is 48.5 Å². The van der Waals surface area contributed by atoms with E-state index in [4.69, 9.17) is 4.98 Å². The van der Waals surface area contributed by atoms with E-state index in [-0.39, 0.29) is 5.91 Å². The van der Waals surface area contributed by atoms with Crippen LogP contribution in [0.15, 0.2) is 48.7 Å². The van der Waals surface area contributed by atoms with Crippen LogP contribution in [0.4, 0.5) is 5.69 Å². The first-order valence-electron chi connectivity index (χ1n) is 12.2. The number of aromatic nitrogens is 1. The van der Waals surface area contributed by atoms with Crippen molar-refractivity contribution < 1.29 is 4.79 Å². The number of likely N-dealkylation sites (N-methyl/N-ethyl adjacent to an activating group) is 1. The van der Waals surface area contributed by atoms with Gasteiger partial charge >= 0.3 is 0 Å². The van der Waals surface area contributed by atoms with E-state index in [0.717, 1.165) is 61.3 Å². The number of unbranched alkanes of at least 4 members (excludes halogenated alkanes) is 2. The van der Waals surface area contributed by atoms with Crippen LogP contribution in [-0.2, 0) is 13.0 Å². The number of piperazine rings is 1. The summed E-state index contributed by atoms with van der Waals surface area (Å²) >= 11 is 0. The van der Waals surface area contributed by atoms with Crippen molar-refractivity contribution in [1.82, 2.24) is 14.8 Å². The molecule has 1 amide bonds. The fourth-order valence-corrected chi connectivity index (χ4v) is 4.48. The average molecular weight is 445 g/mol. The van der Waals surface area contributed by atoms with Crippen molar-refractivity contribution in [2.45, 2.75) is 46.1 Å². The lowest BCUT2D eigenvalue weighted by Crippen LogP contribution is -2.43. The van der Waals surface area contributed by atoms with Gasteiger partial charge in [0.15, 0.2) is 0 Å². The number of hydrogen-bond donors (Lipinski definition) is 1. The molecule has 1 aromatic heterocycles. The van der Waals surface area contributed by atoms with E-state index in [1.165, 1.54) is 30.4 Å². The molecule has 5 heteroatoms. The number of hydrogen-bond acceptors (Lipinski definition) is 4. The van der Waals surface area contributed by atoms with E-state index in [2.05, 4.69) is 53.4 Å². The molecule has 0 radical (unpaired) electrons. The molecule has 5 nitrogen and oxygen atoms in total. The van der Waals surface area contributed by atoms with E-state index in [9.17, 15) is 4.79 Å². The Morgan fingerprint density at radius 2 is 1.76 bits per heavy atom. The summed E-state index contributed by atoms with van der Waals surface area (Å²) in [5.41, 5.74) is 5.98. The molecular formula is C28H36N4O. The van der Waals surface area contributed by atoms with Crippen LogP contribution in [0.3, 0.4) is 0 Å². The number of fused-ring (bicyclic) bond motifs is 1. The Kier molecular flexibility index (Phi) is 7.73. The molecule has 0 spiro atoms. The van der Waals surface area contributed by atoms with Crippen molar-refractivity contribution in [3.05, 3.63) is 70.9 Å². The van der Waals surface area contributed by atoms with E-state index >= 15 is 0 Å². The Morgan fingerprint density at radius 3 is 2.48 bits per heavy atom. The zero-order valence-electron chi connectivity index (χ0n) is 20.2. The first kappa shape index (κ1) is 23.4. The summed E-state index contributed by atoms with van der Waals surface area (Å²) in [5, 5.41) is 4.20. The van der Waals surface area contributed by atoms with Crippen LogP contribution >= 0.6 is 0 Å². The maximum Gasteiger partial charge on any atom is 0.255 e. The van der Waals surface area contributed by atoms with Gasteiger partial charge in [-0.15, -0.1) is 0 Å². The van der Waals surface area contributed by atoms with E-state index in [1.807, 2.05) is 31.3 Å². The number of carbonyl (C=O) groups excluding carboxylic acids is 1. The minimum atomic E-state index is -0.0794. The second kappa shape index (κ2) is 10.9. The lowest BCUT2D eigenvalue weighted by atomic mass is 10.0. The molecular weight excluding hydrogens is 408 g/mol. The quantitative estimate of drug-likeness (QED) is 0.481. The van der Waals surface area contributed by atoms with Gasteiger partial charge in [-0.05, 0) is 67.8 Å². The number of carbonyl (C=O) groups is 1. The zero-order chi connectivity index (χ0) is 23.2. The van der Waals surface area contributed by atoms with Crippen molar-refractivity contribution >= 4 is 22.5 Å². The summed E-state index contributed by atoms with van der Waals surface area (Å²) in [4.78, 5) is 22.4. The highest BCUT2D eigenvalue weighted by molar-refractivity contribution is 6.05. The van der Waals surface area contributed by atoms with Gasteiger partial charge in [0, 0.05) is 55.6 Å². The molecule has 2 heterocycles. The summed E-state index contributed by atoms with van der Waals surface area (Å²) in [7, 11) is 2.18. The van der Waals surface area contributed by atoms with Crippen molar-refractivity contribution in [2.24, 2.45) is 0 Å². The second-order valence-corrected chi connectivity index (χ2v) is 9.34. The first-order chi connectivity index (χ1) is 16.0. The van der Waals surface area contributed by atoms with E-state index in [1.54, 1.807) is 0 Å². The van der Waals surface area contributed by atoms with Crippen LogP contribution in [0.25, 0.3) is 10.9 Å². The molecule has 0 atom stereocenters. The van der Waals surface area contributed by atoms with Crippen molar-refractivity contribution in [3.8, 4) is 0 Å². The summed E-state index contributed by atoms with van der Waals surface area (Å²) in [6, 6.07) is 14.3. The fourth-order valence-electron chi connectivity index (χ4n) is 4.48. The SMILES string of the molecule is CCCCCc1ccc(C(=O)Nc2ccc3cc(CN4CCN(C)CC4)cnc3c2C)cc1. The molecule has 174 valence electrons. The number of anilines is 1. The number of nitrogens with one attached hydrogen (secondary N) is 1. The van der Waals surface area contributed by atoms with Gasteiger partial charge in [0.25, 0.3) is 5.91 Å². The number of amides is 1. The fraction of sp³-hybridized carbons (Fsp3) is 0.429. The molecule has 1 saturated heterocycles. The molecule has 1 fully saturated rings. The summed E-state index contributed by atoms with van der Waals surface area (Å²) < 4.78 is 0. The summed E-state index contributed by atoms with van der Waals surface area (Å²) in [6.45, 7) is 9.60. The molecule has 4 rings (SSSR count).